The van der Waals surface area contributed by atoms with Crippen molar-refractivity contribution in [3.63, 3.8) is 0 Å². The predicted octanol–water partition coefficient (Wildman–Crippen LogP) is 4.50. The fourth-order valence-corrected chi connectivity index (χ4v) is 3.79. The molecule has 4 aromatic rings. The van der Waals surface area contributed by atoms with Gasteiger partial charge in [0.15, 0.2) is 17.1 Å². The number of ether oxygens (including phenoxy) is 2. The molecular formula is C26H28N4O3. The molecule has 7 nitrogen and oxygen atoms in total. The highest BCUT2D eigenvalue weighted by molar-refractivity contribution is 5.94. The Morgan fingerprint density at radius 1 is 1.00 bits per heavy atom. The maximum atomic E-state index is 12.8. The molecule has 0 aliphatic heterocycles. The van der Waals surface area contributed by atoms with Crippen molar-refractivity contribution < 1.29 is 14.3 Å². The highest BCUT2D eigenvalue weighted by atomic mass is 16.5. The Labute approximate surface area is 193 Å². The Morgan fingerprint density at radius 2 is 1.82 bits per heavy atom. The largest absolute Gasteiger partial charge is 0.490 e. The van der Waals surface area contributed by atoms with Crippen molar-refractivity contribution in [2.24, 2.45) is 0 Å². The first kappa shape index (κ1) is 22.3. The molecule has 33 heavy (non-hydrogen) atoms. The molecule has 2 heterocycles. The second kappa shape index (κ2) is 10.2. The average Bonchev–Trinajstić information content (AvgIpc) is 3.16. The van der Waals surface area contributed by atoms with E-state index in [1.165, 1.54) is 0 Å². The van der Waals surface area contributed by atoms with Crippen molar-refractivity contribution in [2.45, 2.75) is 27.2 Å². The molecule has 1 N–H and O–H groups in total. The van der Waals surface area contributed by atoms with E-state index in [1.807, 2.05) is 79.9 Å². The molecule has 0 aliphatic rings. The van der Waals surface area contributed by atoms with Crippen LogP contribution in [0, 0.1) is 6.92 Å². The summed E-state index contributed by atoms with van der Waals surface area (Å²) < 4.78 is 13.3. The lowest BCUT2D eigenvalue weighted by Crippen LogP contribution is -2.25. The number of carbonyl (C=O) groups excluding carboxylic acids is 1. The monoisotopic (exact) mass is 444 g/mol. The Kier molecular flexibility index (Phi) is 6.88. The summed E-state index contributed by atoms with van der Waals surface area (Å²) in [5.74, 6) is 2.16. The normalized spacial score (nSPS) is 10.9. The molecule has 0 saturated heterocycles. The van der Waals surface area contributed by atoms with Gasteiger partial charge in [-0.05, 0) is 75.2 Å². The molecule has 0 fully saturated rings. The number of nitrogens with zero attached hydrogens (tertiary/aromatic N) is 3. The lowest BCUT2D eigenvalue weighted by Gasteiger charge is -2.13. The number of nitrogens with one attached hydrogen (secondary N) is 1. The zero-order chi connectivity index (χ0) is 23.2. The van der Waals surface area contributed by atoms with Crippen LogP contribution in [0.5, 0.6) is 11.5 Å². The van der Waals surface area contributed by atoms with Crippen LogP contribution in [0.4, 0.5) is 0 Å². The molecule has 4 rings (SSSR count). The SMILES string of the molecule is CCOc1ccc(CCNC(=O)c2cccc(-n3c(C)nc4cccnc43)c2)cc1OCC. The van der Waals surface area contributed by atoms with Gasteiger partial charge in [-0.25, -0.2) is 9.97 Å². The van der Waals surface area contributed by atoms with Gasteiger partial charge in [-0.1, -0.05) is 12.1 Å². The van der Waals surface area contributed by atoms with E-state index in [4.69, 9.17) is 9.47 Å². The predicted molar refractivity (Wildman–Crippen MR) is 128 cm³/mol. The maximum absolute atomic E-state index is 12.8. The van der Waals surface area contributed by atoms with Gasteiger partial charge in [0.05, 0.1) is 13.2 Å². The maximum Gasteiger partial charge on any atom is 0.251 e. The highest BCUT2D eigenvalue weighted by Crippen LogP contribution is 2.28. The van der Waals surface area contributed by atoms with Gasteiger partial charge in [0.2, 0.25) is 0 Å². The molecular weight excluding hydrogens is 416 g/mol. The summed E-state index contributed by atoms with van der Waals surface area (Å²) in [6, 6.07) is 17.2. The second-order valence-corrected chi connectivity index (χ2v) is 7.54. The van der Waals surface area contributed by atoms with Gasteiger partial charge in [-0.2, -0.15) is 0 Å². The van der Waals surface area contributed by atoms with E-state index in [-0.39, 0.29) is 5.91 Å². The summed E-state index contributed by atoms with van der Waals surface area (Å²) in [6.45, 7) is 7.48. The van der Waals surface area contributed by atoms with E-state index < -0.39 is 0 Å². The molecule has 7 heteroatoms. The van der Waals surface area contributed by atoms with E-state index in [2.05, 4.69) is 15.3 Å². The zero-order valence-corrected chi connectivity index (χ0v) is 19.2. The Bertz CT molecular complexity index is 1270. The van der Waals surface area contributed by atoms with Gasteiger partial charge in [-0.15, -0.1) is 0 Å². The topological polar surface area (TPSA) is 78.3 Å². The number of amides is 1. The van der Waals surface area contributed by atoms with Crippen LogP contribution < -0.4 is 14.8 Å². The van der Waals surface area contributed by atoms with Crippen molar-refractivity contribution in [3.05, 3.63) is 77.7 Å². The minimum atomic E-state index is -0.122. The first-order chi connectivity index (χ1) is 16.1. The zero-order valence-electron chi connectivity index (χ0n) is 19.2. The standard InChI is InChI=1S/C26H28N4O3/c1-4-32-23-12-11-19(16-24(23)33-5-2)13-15-28-26(31)20-8-6-9-21(17-20)30-18(3)29-22-10-7-14-27-25(22)30/h6-12,14,16-17H,4-5,13,15H2,1-3H3,(H,28,31). The Balaban J connectivity index is 1.45. The van der Waals surface area contributed by atoms with Crippen molar-refractivity contribution in [2.75, 3.05) is 19.8 Å². The average molecular weight is 445 g/mol. The van der Waals surface area contributed by atoms with Crippen molar-refractivity contribution in [3.8, 4) is 17.2 Å². The minimum Gasteiger partial charge on any atom is -0.490 e. The number of carbonyl (C=O) groups is 1. The van der Waals surface area contributed by atoms with Gasteiger partial charge < -0.3 is 14.8 Å². The Hall–Kier alpha value is -3.87. The van der Waals surface area contributed by atoms with Gasteiger partial charge in [0.25, 0.3) is 5.91 Å². The van der Waals surface area contributed by atoms with Crippen LogP contribution in [0.15, 0.2) is 60.8 Å². The van der Waals surface area contributed by atoms with Crippen LogP contribution in [-0.2, 0) is 6.42 Å². The van der Waals surface area contributed by atoms with E-state index in [1.54, 1.807) is 6.20 Å². The van der Waals surface area contributed by atoms with E-state index in [0.29, 0.717) is 31.7 Å². The minimum absolute atomic E-state index is 0.122. The number of rotatable bonds is 9. The number of pyridine rings is 1. The number of aromatic nitrogens is 3. The van der Waals surface area contributed by atoms with E-state index in [0.717, 1.165) is 39.7 Å². The fraction of sp³-hybridized carbons (Fsp3) is 0.269. The molecule has 0 radical (unpaired) electrons. The van der Waals surface area contributed by atoms with Gasteiger partial charge in [-0.3, -0.25) is 9.36 Å². The molecule has 0 saturated carbocycles. The summed E-state index contributed by atoms with van der Waals surface area (Å²) in [4.78, 5) is 21.8. The van der Waals surface area contributed by atoms with Crippen LogP contribution in [-0.4, -0.2) is 40.2 Å². The molecule has 2 aromatic carbocycles. The molecule has 0 aliphatic carbocycles. The molecule has 0 unspecified atom stereocenters. The lowest BCUT2D eigenvalue weighted by atomic mass is 10.1. The van der Waals surface area contributed by atoms with Crippen LogP contribution in [0.2, 0.25) is 0 Å². The van der Waals surface area contributed by atoms with Crippen molar-refractivity contribution in [1.29, 1.82) is 0 Å². The third kappa shape index (κ3) is 4.98. The lowest BCUT2D eigenvalue weighted by molar-refractivity contribution is 0.0954. The first-order valence-corrected chi connectivity index (χ1v) is 11.2. The number of aryl methyl sites for hydroxylation is 1. The second-order valence-electron chi connectivity index (χ2n) is 7.54. The number of benzene rings is 2. The summed E-state index contributed by atoms with van der Waals surface area (Å²) in [6.07, 6.45) is 2.43. The van der Waals surface area contributed by atoms with Gasteiger partial charge >= 0.3 is 0 Å². The van der Waals surface area contributed by atoms with Crippen LogP contribution in [0.3, 0.4) is 0 Å². The molecule has 2 aromatic heterocycles. The third-order valence-electron chi connectivity index (χ3n) is 5.26. The first-order valence-electron chi connectivity index (χ1n) is 11.2. The molecule has 0 bridgehead atoms. The number of hydrogen-bond donors (Lipinski definition) is 1. The summed E-state index contributed by atoms with van der Waals surface area (Å²) in [5, 5.41) is 3.01. The van der Waals surface area contributed by atoms with Crippen molar-refractivity contribution >= 4 is 17.1 Å². The van der Waals surface area contributed by atoms with E-state index in [9.17, 15) is 4.79 Å². The number of fused-ring (bicyclic) bond motifs is 1. The summed E-state index contributed by atoms with van der Waals surface area (Å²) >= 11 is 0. The molecule has 0 spiro atoms. The number of imidazole rings is 1. The Morgan fingerprint density at radius 3 is 2.64 bits per heavy atom. The molecule has 0 atom stereocenters. The van der Waals surface area contributed by atoms with Gasteiger partial charge in [0.1, 0.15) is 11.3 Å². The van der Waals surface area contributed by atoms with Gasteiger partial charge in [0, 0.05) is 24.0 Å². The fourth-order valence-electron chi connectivity index (χ4n) is 3.79. The van der Waals surface area contributed by atoms with Crippen molar-refractivity contribution in [1.82, 2.24) is 19.9 Å². The third-order valence-corrected chi connectivity index (χ3v) is 5.26. The smallest absolute Gasteiger partial charge is 0.251 e. The molecule has 170 valence electrons. The summed E-state index contributed by atoms with van der Waals surface area (Å²) in [7, 11) is 0. The van der Waals surface area contributed by atoms with Crippen LogP contribution in [0.1, 0.15) is 35.6 Å². The highest BCUT2D eigenvalue weighted by Gasteiger charge is 2.13. The molecule has 1 amide bonds. The quantitative estimate of drug-likeness (QED) is 0.411. The summed E-state index contributed by atoms with van der Waals surface area (Å²) in [5.41, 5.74) is 4.11. The van der Waals surface area contributed by atoms with E-state index >= 15 is 0 Å². The number of hydrogen-bond acceptors (Lipinski definition) is 5. The van der Waals surface area contributed by atoms with Crippen LogP contribution >= 0.6 is 0 Å². The van der Waals surface area contributed by atoms with Crippen LogP contribution in [0.25, 0.3) is 16.9 Å².